The number of aromatic nitrogens is 1. The zero-order valence-electron chi connectivity index (χ0n) is 28.5. The lowest BCUT2D eigenvalue weighted by Crippen LogP contribution is -2.12. The maximum Gasteiger partial charge on any atom is 0.0788 e. The lowest BCUT2D eigenvalue weighted by Gasteiger charge is -2.25. The molecule has 0 spiro atoms. The van der Waals surface area contributed by atoms with E-state index in [0.717, 1.165) is 39.2 Å². The third kappa shape index (κ3) is 5.09. The molecule has 10 rings (SSSR count). The molecule has 2 heterocycles. The molecule has 2 atom stereocenters. The van der Waals surface area contributed by atoms with E-state index in [1.165, 1.54) is 43.9 Å². The van der Waals surface area contributed by atoms with E-state index in [2.05, 4.69) is 204 Å². The molecule has 1 N–H and O–H groups in total. The third-order valence-corrected chi connectivity index (χ3v) is 10.6. The Kier molecular flexibility index (Phi) is 7.28. The van der Waals surface area contributed by atoms with Crippen molar-refractivity contribution < 1.29 is 0 Å². The quantitative estimate of drug-likeness (QED) is 0.179. The van der Waals surface area contributed by atoms with Gasteiger partial charge < -0.3 is 10.2 Å². The van der Waals surface area contributed by atoms with Crippen molar-refractivity contribution in [2.45, 2.75) is 12.0 Å². The van der Waals surface area contributed by atoms with Crippen LogP contribution in [0.15, 0.2) is 194 Å². The molecule has 1 aliphatic heterocycles. The van der Waals surface area contributed by atoms with Gasteiger partial charge in [-0.15, -0.1) is 0 Å². The molecule has 0 radical (unpaired) electrons. The van der Waals surface area contributed by atoms with Crippen LogP contribution in [-0.4, -0.2) is 4.98 Å². The summed E-state index contributed by atoms with van der Waals surface area (Å²) in [5, 5.41) is 9.94. The molecule has 0 saturated carbocycles. The average Bonchev–Trinajstić information content (AvgIpc) is 3.61. The largest absolute Gasteiger partial charge is 0.377 e. The fraction of sp³-hybridized carbons (Fsp3) is 0.0408. The topological polar surface area (TPSA) is 28.2 Å². The molecular formula is C49H35N3. The minimum absolute atomic E-state index is 0.108. The molecule has 2 unspecified atom stereocenters. The monoisotopic (exact) mass is 665 g/mol. The van der Waals surface area contributed by atoms with E-state index in [1.54, 1.807) is 0 Å². The second-order valence-corrected chi connectivity index (χ2v) is 13.6. The number of para-hydroxylation sites is 4. The molecule has 52 heavy (non-hydrogen) atoms. The second-order valence-electron chi connectivity index (χ2n) is 13.6. The third-order valence-electron chi connectivity index (χ3n) is 10.6. The molecule has 0 bridgehead atoms. The maximum atomic E-state index is 5.32. The summed E-state index contributed by atoms with van der Waals surface area (Å²) in [6.45, 7) is 0. The molecule has 9 aromatic rings. The Morgan fingerprint density at radius 1 is 0.462 bits per heavy atom. The second kappa shape index (κ2) is 12.6. The van der Waals surface area contributed by atoms with Crippen LogP contribution in [0.25, 0.3) is 43.7 Å². The van der Waals surface area contributed by atoms with Gasteiger partial charge in [0.15, 0.2) is 0 Å². The first kappa shape index (κ1) is 30.1. The van der Waals surface area contributed by atoms with E-state index in [4.69, 9.17) is 4.98 Å². The van der Waals surface area contributed by atoms with Crippen molar-refractivity contribution in [1.82, 2.24) is 4.98 Å². The summed E-state index contributed by atoms with van der Waals surface area (Å²) in [6.07, 6.45) is 0. The Bertz CT molecular complexity index is 2670. The first-order valence-corrected chi connectivity index (χ1v) is 18.0. The molecule has 0 aliphatic carbocycles. The van der Waals surface area contributed by atoms with E-state index >= 15 is 0 Å². The van der Waals surface area contributed by atoms with Gasteiger partial charge in [0, 0.05) is 50.4 Å². The van der Waals surface area contributed by atoms with Crippen LogP contribution in [0.2, 0.25) is 0 Å². The Morgan fingerprint density at radius 3 is 1.83 bits per heavy atom. The lowest BCUT2D eigenvalue weighted by molar-refractivity contribution is 0.714. The number of fused-ring (bicyclic) bond motifs is 6. The Hall–Kier alpha value is -6.71. The number of nitrogens with one attached hydrogen (secondary N) is 1. The van der Waals surface area contributed by atoms with Gasteiger partial charge >= 0.3 is 0 Å². The standard InChI is InChI=1S/C49H35N3/c1-4-14-34(15-5-1)46-40-20-10-12-22-44(40)51-49(46)36-25-24-33-28-31-42-47(43(33)32-36)41-21-11-13-23-45(41)50-48(42)35-26-29-39(30-27-35)52(37-16-6-2-7-17-37)38-18-8-3-9-19-38/h1-32,46,49,51H. The minimum Gasteiger partial charge on any atom is -0.377 e. The van der Waals surface area contributed by atoms with E-state index in [1.807, 2.05) is 0 Å². The van der Waals surface area contributed by atoms with Gasteiger partial charge in [0.2, 0.25) is 0 Å². The van der Waals surface area contributed by atoms with Crippen molar-refractivity contribution in [3.05, 3.63) is 211 Å². The van der Waals surface area contributed by atoms with Crippen LogP contribution in [0, 0.1) is 0 Å². The van der Waals surface area contributed by atoms with Crippen LogP contribution in [0.5, 0.6) is 0 Å². The highest BCUT2D eigenvalue weighted by Crippen LogP contribution is 2.49. The van der Waals surface area contributed by atoms with Gasteiger partial charge in [0.05, 0.1) is 17.3 Å². The van der Waals surface area contributed by atoms with Crippen molar-refractivity contribution in [2.24, 2.45) is 0 Å². The minimum atomic E-state index is 0.108. The summed E-state index contributed by atoms with van der Waals surface area (Å²) in [5.74, 6) is 0.212. The van der Waals surface area contributed by atoms with E-state index in [9.17, 15) is 0 Å². The van der Waals surface area contributed by atoms with Crippen molar-refractivity contribution in [2.75, 3.05) is 10.2 Å². The Balaban J connectivity index is 1.13. The number of hydrogen-bond acceptors (Lipinski definition) is 3. The molecule has 8 aromatic carbocycles. The predicted octanol–water partition coefficient (Wildman–Crippen LogP) is 13.0. The van der Waals surface area contributed by atoms with Crippen molar-refractivity contribution >= 4 is 55.2 Å². The summed E-state index contributed by atoms with van der Waals surface area (Å²) in [6, 6.07) is 69.8. The van der Waals surface area contributed by atoms with Crippen LogP contribution in [0.1, 0.15) is 28.7 Å². The summed E-state index contributed by atoms with van der Waals surface area (Å²) < 4.78 is 0. The van der Waals surface area contributed by atoms with Crippen molar-refractivity contribution in [3.8, 4) is 11.3 Å². The molecule has 0 saturated heterocycles. The zero-order valence-corrected chi connectivity index (χ0v) is 28.5. The summed E-state index contributed by atoms with van der Waals surface area (Å²) in [4.78, 5) is 7.62. The van der Waals surface area contributed by atoms with Crippen LogP contribution in [-0.2, 0) is 0 Å². The van der Waals surface area contributed by atoms with Crippen LogP contribution >= 0.6 is 0 Å². The molecule has 1 aliphatic rings. The SMILES string of the molecule is c1ccc(C2c3ccccc3NC2c2ccc3ccc4c(-c5ccc(N(c6ccccc6)c6ccccc6)cc5)nc5ccccc5c4c3c2)cc1. The van der Waals surface area contributed by atoms with Gasteiger partial charge in [-0.05, 0) is 82.1 Å². The number of rotatable bonds is 6. The van der Waals surface area contributed by atoms with Gasteiger partial charge in [-0.2, -0.15) is 0 Å². The van der Waals surface area contributed by atoms with Crippen LogP contribution in [0.4, 0.5) is 22.7 Å². The molecule has 0 amide bonds. The highest BCUT2D eigenvalue weighted by Gasteiger charge is 2.34. The molecule has 3 nitrogen and oxygen atoms in total. The van der Waals surface area contributed by atoms with Gasteiger partial charge in [-0.3, -0.25) is 0 Å². The molecule has 3 heteroatoms. The van der Waals surface area contributed by atoms with Gasteiger partial charge in [-0.1, -0.05) is 140 Å². The molecule has 1 aromatic heterocycles. The molecule has 0 fully saturated rings. The number of pyridine rings is 1. The van der Waals surface area contributed by atoms with E-state index in [0.29, 0.717) is 0 Å². The van der Waals surface area contributed by atoms with Crippen LogP contribution < -0.4 is 10.2 Å². The maximum absolute atomic E-state index is 5.32. The van der Waals surface area contributed by atoms with Crippen LogP contribution in [0.3, 0.4) is 0 Å². The highest BCUT2D eigenvalue weighted by atomic mass is 15.1. The average molecular weight is 666 g/mol. The van der Waals surface area contributed by atoms with E-state index < -0.39 is 0 Å². The first-order chi connectivity index (χ1) is 25.8. The Labute approximate surface area is 303 Å². The number of hydrogen-bond donors (Lipinski definition) is 1. The normalized spacial score (nSPS) is 15.1. The smallest absolute Gasteiger partial charge is 0.0788 e. The fourth-order valence-corrected chi connectivity index (χ4v) is 8.21. The van der Waals surface area contributed by atoms with Crippen molar-refractivity contribution in [1.29, 1.82) is 0 Å². The van der Waals surface area contributed by atoms with Gasteiger partial charge in [0.25, 0.3) is 0 Å². The summed E-state index contributed by atoms with van der Waals surface area (Å²) in [5.41, 5.74) is 11.6. The zero-order chi connectivity index (χ0) is 34.4. The lowest BCUT2D eigenvalue weighted by atomic mass is 9.84. The fourth-order valence-electron chi connectivity index (χ4n) is 8.21. The van der Waals surface area contributed by atoms with Gasteiger partial charge in [-0.25, -0.2) is 4.98 Å². The summed E-state index contributed by atoms with van der Waals surface area (Å²) in [7, 11) is 0. The van der Waals surface area contributed by atoms with Crippen molar-refractivity contribution in [3.63, 3.8) is 0 Å². The highest BCUT2D eigenvalue weighted by molar-refractivity contribution is 6.22. The number of anilines is 4. The number of nitrogens with zero attached hydrogens (tertiary/aromatic N) is 2. The first-order valence-electron chi connectivity index (χ1n) is 18.0. The molecular weight excluding hydrogens is 631 g/mol. The molecule has 246 valence electrons. The summed E-state index contributed by atoms with van der Waals surface area (Å²) >= 11 is 0. The Morgan fingerprint density at radius 2 is 1.08 bits per heavy atom. The predicted molar refractivity (Wildman–Crippen MR) is 218 cm³/mol. The number of benzene rings is 8. The van der Waals surface area contributed by atoms with Gasteiger partial charge in [0.1, 0.15) is 0 Å². The van der Waals surface area contributed by atoms with E-state index in [-0.39, 0.29) is 12.0 Å².